The Labute approximate surface area is 194 Å². The van der Waals surface area contributed by atoms with Crippen molar-refractivity contribution in [1.82, 2.24) is 0 Å². The van der Waals surface area contributed by atoms with Crippen LogP contribution in [-0.4, -0.2) is 33.5 Å². The molecule has 0 saturated carbocycles. The van der Waals surface area contributed by atoms with E-state index in [-0.39, 0.29) is 11.5 Å². The minimum absolute atomic E-state index is 0.113. The summed E-state index contributed by atoms with van der Waals surface area (Å²) in [6.07, 6.45) is 3.65. The molecular weight excluding hydrogens is 452 g/mol. The molecule has 0 heterocycles. The smallest absolute Gasteiger partial charge is 0.203 e. The lowest BCUT2D eigenvalue weighted by Crippen LogP contribution is -1.95. The fourth-order valence-electron chi connectivity index (χ4n) is 3.00. The van der Waals surface area contributed by atoms with Crippen molar-refractivity contribution in [1.29, 1.82) is 0 Å². The number of hydrogen-bond acceptors (Lipinski definition) is 7. The van der Waals surface area contributed by atoms with Crippen LogP contribution in [0.1, 0.15) is 11.1 Å². The van der Waals surface area contributed by atoms with Gasteiger partial charge in [-0.25, -0.2) is 8.78 Å². The van der Waals surface area contributed by atoms with Gasteiger partial charge in [0, 0.05) is 4.90 Å². The van der Waals surface area contributed by atoms with E-state index in [9.17, 15) is 13.9 Å². The number of halogens is 2. The first-order chi connectivity index (χ1) is 15.9. The average molecular weight is 476 g/mol. The van der Waals surface area contributed by atoms with Gasteiger partial charge in [-0.2, -0.15) is 0 Å². The van der Waals surface area contributed by atoms with E-state index in [2.05, 4.69) is 4.72 Å². The Morgan fingerprint density at radius 2 is 1.33 bits per heavy atom. The highest BCUT2D eigenvalue weighted by atomic mass is 32.2. The molecule has 3 aromatic rings. The van der Waals surface area contributed by atoms with Gasteiger partial charge in [0.1, 0.15) is 0 Å². The molecule has 0 aliphatic heterocycles. The lowest BCUT2D eigenvalue weighted by molar-refractivity contribution is 0.324. The van der Waals surface area contributed by atoms with Gasteiger partial charge < -0.3 is 28.8 Å². The molecule has 3 aromatic carbocycles. The summed E-state index contributed by atoms with van der Waals surface area (Å²) in [5.41, 5.74) is 1.85. The molecule has 0 aromatic heterocycles. The van der Waals surface area contributed by atoms with Gasteiger partial charge in [0.2, 0.25) is 5.75 Å². The van der Waals surface area contributed by atoms with Crippen LogP contribution < -0.4 is 23.7 Å². The van der Waals surface area contributed by atoms with Crippen molar-refractivity contribution in [3.63, 3.8) is 0 Å². The second-order valence-electron chi connectivity index (χ2n) is 6.69. The quantitative estimate of drug-likeness (QED) is 0.224. The van der Waals surface area contributed by atoms with Crippen molar-refractivity contribution < 1.29 is 32.8 Å². The zero-order valence-corrected chi connectivity index (χ0v) is 19.3. The molecule has 33 heavy (non-hydrogen) atoms. The summed E-state index contributed by atoms with van der Waals surface area (Å²) < 4.78 is 50.9. The normalized spacial score (nSPS) is 10.8. The van der Waals surface area contributed by atoms with Crippen LogP contribution in [0.4, 0.5) is 14.5 Å². The molecule has 0 aliphatic carbocycles. The van der Waals surface area contributed by atoms with Crippen molar-refractivity contribution in [3.05, 3.63) is 65.2 Å². The molecule has 0 bridgehead atoms. The van der Waals surface area contributed by atoms with Crippen LogP contribution in [0, 0.1) is 11.6 Å². The Kier molecular flexibility index (Phi) is 7.89. The van der Waals surface area contributed by atoms with E-state index in [4.69, 9.17) is 18.9 Å². The van der Waals surface area contributed by atoms with Crippen LogP contribution in [0.5, 0.6) is 28.7 Å². The van der Waals surface area contributed by atoms with Crippen molar-refractivity contribution in [2.24, 2.45) is 0 Å². The average Bonchev–Trinajstić information content (AvgIpc) is 2.83. The molecule has 0 radical (unpaired) electrons. The Morgan fingerprint density at radius 3 is 1.88 bits per heavy atom. The summed E-state index contributed by atoms with van der Waals surface area (Å²) >= 11 is 1.02. The highest BCUT2D eigenvalue weighted by molar-refractivity contribution is 8.00. The maximum Gasteiger partial charge on any atom is 0.203 e. The Morgan fingerprint density at radius 1 is 0.758 bits per heavy atom. The summed E-state index contributed by atoms with van der Waals surface area (Å²) in [7, 11) is 6.05. The van der Waals surface area contributed by atoms with Gasteiger partial charge in [0.15, 0.2) is 34.6 Å². The van der Waals surface area contributed by atoms with Crippen LogP contribution in [0.25, 0.3) is 12.2 Å². The Bertz CT molecular complexity index is 1140. The molecule has 0 saturated heterocycles. The van der Waals surface area contributed by atoms with Gasteiger partial charge in [-0.3, -0.25) is 0 Å². The Balaban J connectivity index is 1.89. The van der Waals surface area contributed by atoms with Crippen LogP contribution in [-0.2, 0) is 0 Å². The summed E-state index contributed by atoms with van der Waals surface area (Å²) in [4.78, 5) is 0.436. The molecule has 3 rings (SSSR count). The van der Waals surface area contributed by atoms with E-state index in [1.54, 1.807) is 24.3 Å². The van der Waals surface area contributed by atoms with Crippen molar-refractivity contribution in [2.45, 2.75) is 4.90 Å². The zero-order valence-electron chi connectivity index (χ0n) is 18.4. The van der Waals surface area contributed by atoms with E-state index < -0.39 is 11.6 Å². The standard InChI is InChI=1S/C24H23F2NO5S/c1-29-20-10-14(5-6-15-11-21(30-2)24(32-4)22(12-15)31-3)9-19(23(20)28)27-33-16-7-8-17(25)18(26)13-16/h5-13,27-28H,1-4H3/b6-5-. The van der Waals surface area contributed by atoms with Crippen LogP contribution in [0.15, 0.2) is 47.4 Å². The minimum Gasteiger partial charge on any atom is -0.503 e. The van der Waals surface area contributed by atoms with E-state index in [0.29, 0.717) is 33.4 Å². The van der Waals surface area contributed by atoms with Gasteiger partial charge in [-0.15, -0.1) is 0 Å². The fourth-order valence-corrected chi connectivity index (χ4v) is 3.68. The minimum atomic E-state index is -0.953. The topological polar surface area (TPSA) is 69.2 Å². The molecule has 0 atom stereocenters. The lowest BCUT2D eigenvalue weighted by atomic mass is 10.1. The number of phenols is 1. The SMILES string of the molecule is COc1cc(/C=C\c2cc(OC)c(OC)c(OC)c2)cc(NSc2ccc(F)c(F)c2)c1O. The molecule has 9 heteroatoms. The highest BCUT2D eigenvalue weighted by Crippen LogP contribution is 2.40. The molecule has 2 N–H and O–H groups in total. The molecule has 0 spiro atoms. The molecular formula is C24H23F2NO5S. The predicted molar refractivity (Wildman–Crippen MR) is 126 cm³/mol. The van der Waals surface area contributed by atoms with Crippen LogP contribution in [0.3, 0.4) is 0 Å². The first-order valence-electron chi connectivity index (χ1n) is 9.67. The second kappa shape index (κ2) is 10.8. The van der Waals surface area contributed by atoms with E-state index in [1.165, 1.54) is 34.5 Å². The third kappa shape index (κ3) is 5.61. The molecule has 0 aliphatic rings. The number of rotatable bonds is 9. The van der Waals surface area contributed by atoms with E-state index >= 15 is 0 Å². The van der Waals surface area contributed by atoms with Crippen molar-refractivity contribution in [3.8, 4) is 28.7 Å². The van der Waals surface area contributed by atoms with Crippen LogP contribution >= 0.6 is 11.9 Å². The fraction of sp³-hybridized carbons (Fsp3) is 0.167. The highest BCUT2D eigenvalue weighted by Gasteiger charge is 2.13. The number of anilines is 1. The van der Waals surface area contributed by atoms with Gasteiger partial charge in [0.25, 0.3) is 0 Å². The number of nitrogens with one attached hydrogen (secondary N) is 1. The number of benzene rings is 3. The molecule has 6 nitrogen and oxygen atoms in total. The summed E-state index contributed by atoms with van der Waals surface area (Å²) in [6, 6.07) is 10.5. The molecule has 174 valence electrons. The maximum absolute atomic E-state index is 13.5. The summed E-state index contributed by atoms with van der Waals surface area (Å²) in [5.74, 6) is -0.222. The second-order valence-corrected chi connectivity index (χ2v) is 7.57. The van der Waals surface area contributed by atoms with Gasteiger partial charge >= 0.3 is 0 Å². The monoisotopic (exact) mass is 475 g/mol. The number of hydrogen-bond donors (Lipinski definition) is 2. The number of methoxy groups -OCH3 is 4. The maximum atomic E-state index is 13.5. The van der Waals surface area contributed by atoms with Crippen molar-refractivity contribution in [2.75, 3.05) is 33.2 Å². The van der Waals surface area contributed by atoms with E-state index in [1.807, 2.05) is 12.2 Å². The largest absolute Gasteiger partial charge is 0.503 e. The van der Waals surface area contributed by atoms with Gasteiger partial charge in [-0.05, 0) is 65.5 Å². The van der Waals surface area contributed by atoms with Gasteiger partial charge in [0.05, 0.1) is 34.1 Å². The Hall–Kier alpha value is -3.59. The number of aromatic hydroxyl groups is 1. The number of ether oxygens (including phenoxy) is 4. The van der Waals surface area contributed by atoms with E-state index in [0.717, 1.165) is 29.6 Å². The molecule has 0 unspecified atom stereocenters. The first-order valence-corrected chi connectivity index (χ1v) is 10.5. The first kappa shape index (κ1) is 24.1. The van der Waals surface area contributed by atoms with Crippen molar-refractivity contribution >= 4 is 29.8 Å². The third-order valence-electron chi connectivity index (χ3n) is 4.64. The van der Waals surface area contributed by atoms with Gasteiger partial charge in [-0.1, -0.05) is 12.2 Å². The molecule has 0 amide bonds. The van der Waals surface area contributed by atoms with Crippen LogP contribution in [0.2, 0.25) is 0 Å². The predicted octanol–water partition coefficient (Wildman–Crippen LogP) is 5.99. The zero-order chi connectivity index (χ0) is 24.0. The summed E-state index contributed by atoms with van der Waals surface area (Å²) in [5, 5.41) is 10.5. The molecule has 0 fully saturated rings. The third-order valence-corrected chi connectivity index (χ3v) is 5.45. The summed E-state index contributed by atoms with van der Waals surface area (Å²) in [6.45, 7) is 0. The number of phenolic OH excluding ortho intramolecular Hbond substituents is 1. The lowest BCUT2D eigenvalue weighted by Gasteiger charge is -2.13.